The third-order valence-corrected chi connectivity index (χ3v) is 1.91. The van der Waals surface area contributed by atoms with Crippen LogP contribution >= 0.6 is 0 Å². The molecule has 0 spiro atoms. The molecule has 64 valence electrons. The Hall–Kier alpha value is -1.35. The van der Waals surface area contributed by atoms with Crippen molar-refractivity contribution in [3.05, 3.63) is 34.9 Å². The van der Waals surface area contributed by atoms with Gasteiger partial charge in [0.25, 0.3) is 0 Å². The van der Waals surface area contributed by atoms with Crippen LogP contribution in [-0.2, 0) is 4.89 Å². The van der Waals surface area contributed by atoms with E-state index in [1.165, 1.54) is 0 Å². The van der Waals surface area contributed by atoms with Gasteiger partial charge in [-0.15, -0.1) is 0 Å². The van der Waals surface area contributed by atoms with Gasteiger partial charge in [-0.2, -0.15) is 5.26 Å². The van der Waals surface area contributed by atoms with E-state index in [1.807, 2.05) is 19.9 Å². The van der Waals surface area contributed by atoms with Crippen molar-refractivity contribution in [2.24, 2.45) is 0 Å². The Labute approximate surface area is 70.5 Å². The summed E-state index contributed by atoms with van der Waals surface area (Å²) < 4.78 is 0. The van der Waals surface area contributed by atoms with Crippen LogP contribution in [0.2, 0.25) is 0 Å². The van der Waals surface area contributed by atoms with Crippen LogP contribution in [0.15, 0.2) is 18.2 Å². The van der Waals surface area contributed by atoms with E-state index in [0.717, 1.165) is 11.1 Å². The van der Waals surface area contributed by atoms with Crippen LogP contribution in [0, 0.1) is 13.8 Å². The minimum atomic E-state index is -0.712. The van der Waals surface area contributed by atoms with Crippen LogP contribution in [0.4, 0.5) is 0 Å². The largest absolute Gasteiger partial charge is 0.373 e. The molecule has 3 nitrogen and oxygen atoms in total. The highest BCUT2D eigenvalue weighted by Crippen LogP contribution is 2.12. The zero-order chi connectivity index (χ0) is 9.14. The van der Waals surface area contributed by atoms with Crippen molar-refractivity contribution < 1.29 is 14.9 Å². The van der Waals surface area contributed by atoms with Gasteiger partial charge in [0.05, 0.1) is 5.56 Å². The lowest BCUT2D eigenvalue weighted by molar-refractivity contribution is -0.182. The maximum absolute atomic E-state index is 10.9. The summed E-state index contributed by atoms with van der Waals surface area (Å²) in [4.78, 5) is 14.5. The van der Waals surface area contributed by atoms with E-state index in [-0.39, 0.29) is 0 Å². The zero-order valence-corrected chi connectivity index (χ0v) is 7.00. The second kappa shape index (κ2) is 3.36. The molecule has 0 heterocycles. The maximum atomic E-state index is 10.9. The second-order valence-electron chi connectivity index (χ2n) is 2.63. The monoisotopic (exact) mass is 166 g/mol. The number of carbonyl (C=O) groups excluding carboxylic acids is 1. The van der Waals surface area contributed by atoms with Gasteiger partial charge in [-0.1, -0.05) is 12.1 Å². The summed E-state index contributed by atoms with van der Waals surface area (Å²) >= 11 is 0. The summed E-state index contributed by atoms with van der Waals surface area (Å²) in [7, 11) is 0. The van der Waals surface area contributed by atoms with Crippen LogP contribution < -0.4 is 0 Å². The Bertz CT molecular complexity index is 305. The Morgan fingerprint density at radius 3 is 2.67 bits per heavy atom. The molecule has 1 rings (SSSR count). The van der Waals surface area contributed by atoms with Gasteiger partial charge in [0.15, 0.2) is 0 Å². The number of aryl methyl sites for hydroxylation is 1. The number of rotatable bonds is 1. The van der Waals surface area contributed by atoms with Gasteiger partial charge in [0.1, 0.15) is 0 Å². The van der Waals surface area contributed by atoms with Crippen molar-refractivity contribution >= 4 is 5.97 Å². The Kier molecular flexibility index (Phi) is 2.45. The van der Waals surface area contributed by atoms with E-state index >= 15 is 0 Å². The summed E-state index contributed by atoms with van der Waals surface area (Å²) in [6.45, 7) is 3.70. The lowest BCUT2D eigenvalue weighted by atomic mass is 10.0. The topological polar surface area (TPSA) is 46.5 Å². The van der Waals surface area contributed by atoms with Gasteiger partial charge >= 0.3 is 5.97 Å². The highest BCUT2D eigenvalue weighted by molar-refractivity contribution is 5.90. The van der Waals surface area contributed by atoms with Crippen LogP contribution in [0.5, 0.6) is 0 Å². The molecule has 0 saturated heterocycles. The third-order valence-electron chi connectivity index (χ3n) is 1.91. The summed E-state index contributed by atoms with van der Waals surface area (Å²) in [5.41, 5.74) is 2.23. The molecule has 12 heavy (non-hydrogen) atoms. The third kappa shape index (κ3) is 1.46. The average molecular weight is 166 g/mol. The molecular formula is C9H10O3. The van der Waals surface area contributed by atoms with E-state index in [4.69, 9.17) is 5.26 Å². The van der Waals surface area contributed by atoms with E-state index < -0.39 is 5.97 Å². The van der Waals surface area contributed by atoms with Crippen LogP contribution in [0.25, 0.3) is 0 Å². The normalized spacial score (nSPS) is 9.58. The lowest BCUT2D eigenvalue weighted by Crippen LogP contribution is -2.04. The SMILES string of the molecule is Cc1cccc(C(=O)OO)c1C. The van der Waals surface area contributed by atoms with Crippen molar-refractivity contribution in [3.63, 3.8) is 0 Å². The fourth-order valence-corrected chi connectivity index (χ4v) is 1.02. The van der Waals surface area contributed by atoms with Crippen LogP contribution in [0.3, 0.4) is 0 Å². The molecule has 0 saturated carbocycles. The van der Waals surface area contributed by atoms with E-state index in [1.54, 1.807) is 12.1 Å². The molecule has 0 fully saturated rings. The van der Waals surface area contributed by atoms with Gasteiger partial charge in [0, 0.05) is 0 Å². The van der Waals surface area contributed by atoms with Crippen LogP contribution in [-0.4, -0.2) is 11.2 Å². The summed E-state index contributed by atoms with van der Waals surface area (Å²) in [5.74, 6) is -0.712. The molecule has 0 aliphatic rings. The highest BCUT2D eigenvalue weighted by atomic mass is 17.1. The molecule has 0 unspecified atom stereocenters. The Morgan fingerprint density at radius 1 is 1.42 bits per heavy atom. The van der Waals surface area contributed by atoms with Crippen molar-refractivity contribution in [1.82, 2.24) is 0 Å². The first-order valence-electron chi connectivity index (χ1n) is 3.58. The molecular weight excluding hydrogens is 156 g/mol. The first-order valence-corrected chi connectivity index (χ1v) is 3.58. The van der Waals surface area contributed by atoms with E-state index in [0.29, 0.717) is 5.56 Å². The molecule has 0 aliphatic heterocycles. The molecule has 0 radical (unpaired) electrons. The van der Waals surface area contributed by atoms with Crippen LogP contribution in [0.1, 0.15) is 21.5 Å². The number of carbonyl (C=O) groups is 1. The first kappa shape index (κ1) is 8.74. The molecule has 1 aromatic rings. The smallest absolute Gasteiger partial charge is 0.295 e. The molecule has 1 aromatic carbocycles. The number of hydrogen-bond acceptors (Lipinski definition) is 3. The second-order valence-corrected chi connectivity index (χ2v) is 2.63. The minimum Gasteiger partial charge on any atom is -0.295 e. The Morgan fingerprint density at radius 2 is 2.08 bits per heavy atom. The summed E-state index contributed by atoms with van der Waals surface area (Å²) in [6.07, 6.45) is 0. The maximum Gasteiger partial charge on any atom is 0.373 e. The number of benzene rings is 1. The molecule has 1 N–H and O–H groups in total. The van der Waals surface area contributed by atoms with E-state index in [9.17, 15) is 4.79 Å². The quantitative estimate of drug-likeness (QED) is 0.512. The fourth-order valence-electron chi connectivity index (χ4n) is 1.02. The van der Waals surface area contributed by atoms with Gasteiger partial charge in [0.2, 0.25) is 0 Å². The highest BCUT2D eigenvalue weighted by Gasteiger charge is 2.10. The zero-order valence-electron chi connectivity index (χ0n) is 7.00. The van der Waals surface area contributed by atoms with Crippen molar-refractivity contribution in [2.45, 2.75) is 13.8 Å². The number of hydrogen-bond donors (Lipinski definition) is 1. The molecule has 0 bridgehead atoms. The first-order chi connectivity index (χ1) is 5.66. The molecule has 0 atom stereocenters. The lowest BCUT2D eigenvalue weighted by Gasteiger charge is -2.03. The van der Waals surface area contributed by atoms with Gasteiger partial charge in [-0.05, 0) is 31.0 Å². The fraction of sp³-hybridized carbons (Fsp3) is 0.222. The van der Waals surface area contributed by atoms with Gasteiger partial charge in [-0.3, -0.25) is 4.89 Å². The molecule has 0 amide bonds. The predicted molar refractivity (Wildman–Crippen MR) is 44.0 cm³/mol. The van der Waals surface area contributed by atoms with Crippen molar-refractivity contribution in [1.29, 1.82) is 0 Å². The minimum absolute atomic E-state index is 0.400. The van der Waals surface area contributed by atoms with E-state index in [2.05, 4.69) is 4.89 Å². The molecule has 0 aliphatic carbocycles. The van der Waals surface area contributed by atoms with Gasteiger partial charge < -0.3 is 0 Å². The standard InChI is InChI=1S/C9H10O3/c1-6-4-3-5-8(7(6)2)9(10)12-11/h3-5,11H,1-2H3. The molecule has 0 aromatic heterocycles. The van der Waals surface area contributed by atoms with Crippen molar-refractivity contribution in [3.8, 4) is 0 Å². The summed E-state index contributed by atoms with van der Waals surface area (Å²) in [6, 6.07) is 5.25. The Balaban J connectivity index is 3.16. The molecule has 3 heteroatoms. The van der Waals surface area contributed by atoms with Crippen molar-refractivity contribution in [2.75, 3.05) is 0 Å². The summed E-state index contributed by atoms with van der Waals surface area (Å²) in [5, 5.41) is 8.15. The van der Waals surface area contributed by atoms with Gasteiger partial charge in [-0.25, -0.2) is 4.79 Å². The predicted octanol–water partition coefficient (Wildman–Crippen LogP) is 1.93. The average Bonchev–Trinajstić information content (AvgIpc) is 2.08.